The van der Waals surface area contributed by atoms with Crippen LogP contribution in [0.3, 0.4) is 0 Å². The minimum atomic E-state index is -5.08. The lowest BCUT2D eigenvalue weighted by Gasteiger charge is -2.31. The number of carboxylic acid groups (broad SMARTS) is 1. The monoisotopic (exact) mass is 1010 g/mol. The van der Waals surface area contributed by atoms with Crippen LogP contribution >= 0.6 is 0 Å². The highest BCUT2D eigenvalue weighted by atomic mass is 19.4. The summed E-state index contributed by atoms with van der Waals surface area (Å²) in [5.41, 5.74) is 28.4. The van der Waals surface area contributed by atoms with E-state index < -0.39 is 12.1 Å². The fraction of sp³-hybridized carbons (Fsp3) is 0.882. The largest absolute Gasteiger partial charge is 0.490 e. The van der Waals surface area contributed by atoms with Gasteiger partial charge in [-0.2, -0.15) is 13.2 Å². The number of unbranched alkanes of at least 4 members (excludes halogenated alkanes) is 24. The average Bonchev–Trinajstić information content (AvgIpc) is 4.27. The predicted octanol–water partition coefficient (Wildman–Crippen LogP) is 8.65. The van der Waals surface area contributed by atoms with Crippen LogP contribution in [0.4, 0.5) is 18.0 Å². The highest BCUT2D eigenvalue weighted by Crippen LogP contribution is 2.29. The second-order valence-corrected chi connectivity index (χ2v) is 19.8. The molecule has 2 saturated carbocycles. The van der Waals surface area contributed by atoms with Gasteiger partial charge in [0.2, 0.25) is 0 Å². The number of carboxylic acids is 1. The molecule has 0 saturated heterocycles. The zero-order chi connectivity index (χ0) is 52.2. The van der Waals surface area contributed by atoms with Crippen LogP contribution < -0.4 is 44.6 Å². The standard InChI is InChI=1S/C49H100N14O.C2HF3O2/c50-45(51)56-33-21-13-5-1-9-17-25-37-62(39-27-19-11-3-7-15-23-35-58-47(54)60-41-43-29-30-43)49(64)63(38-26-18-10-2-6-14-22-34-57-46(52)53)40-28-20-12-4-8-16-24-36-59-48(55)61-42-44-31-32-44;3-2(4,5)1(6)7/h43-44H,1-42H2,(H4,50,51,56)(H4,52,53,57)(H3,54,58,60)(H3,55,59,61);(H,6,7). The molecular weight excluding hydrogens is 914 g/mol. The van der Waals surface area contributed by atoms with E-state index in [2.05, 4.69) is 40.7 Å². The Morgan fingerprint density at radius 1 is 0.479 bits per heavy atom. The number of carbonyl (C=O) groups is 2. The van der Waals surface area contributed by atoms with Crippen molar-refractivity contribution in [2.75, 3.05) is 65.4 Å². The number of carbonyl (C=O) groups excluding carboxylic acids is 1. The zero-order valence-electron chi connectivity index (χ0n) is 43.9. The van der Waals surface area contributed by atoms with Gasteiger partial charge in [-0.1, -0.05) is 128 Å². The molecule has 17 nitrogen and oxygen atoms in total. The number of alkyl halides is 3. The van der Waals surface area contributed by atoms with Crippen LogP contribution in [0.25, 0.3) is 0 Å². The number of nitrogens with one attached hydrogen (secondary N) is 4. The summed E-state index contributed by atoms with van der Waals surface area (Å²) in [6.07, 6.45) is 32.8. The van der Waals surface area contributed by atoms with Gasteiger partial charge in [0.25, 0.3) is 0 Å². The molecule has 0 unspecified atom stereocenters. The molecular formula is C51H101F3N14O3. The molecule has 2 aliphatic rings. The lowest BCUT2D eigenvalue weighted by atomic mass is 10.1. The lowest BCUT2D eigenvalue weighted by Crippen LogP contribution is -2.45. The van der Waals surface area contributed by atoms with Crippen molar-refractivity contribution >= 4 is 35.8 Å². The third kappa shape index (κ3) is 44.1. The number of hydrogen-bond acceptors (Lipinski definition) is 6. The van der Waals surface area contributed by atoms with Gasteiger partial charge in [-0.15, -0.1) is 0 Å². The van der Waals surface area contributed by atoms with Crippen molar-refractivity contribution in [3.05, 3.63) is 0 Å². The topological polar surface area (TPSA) is 288 Å². The van der Waals surface area contributed by atoms with Gasteiger partial charge in [-0.25, -0.2) is 9.59 Å². The number of urea groups is 1. The minimum Gasteiger partial charge on any atom is -0.475 e. The lowest BCUT2D eigenvalue weighted by molar-refractivity contribution is -0.192. The first-order valence-electron chi connectivity index (χ1n) is 27.7. The molecule has 0 aromatic carbocycles. The maximum Gasteiger partial charge on any atom is 0.490 e. The van der Waals surface area contributed by atoms with E-state index in [0.29, 0.717) is 18.5 Å². The van der Waals surface area contributed by atoms with Crippen molar-refractivity contribution in [2.24, 2.45) is 55.5 Å². The van der Waals surface area contributed by atoms with Crippen molar-refractivity contribution in [1.82, 2.24) is 25.8 Å². The summed E-state index contributed by atoms with van der Waals surface area (Å²) < 4.78 is 31.7. The Kier molecular flexibility index (Phi) is 39.3. The summed E-state index contributed by atoms with van der Waals surface area (Å²) in [7, 11) is 0. The van der Waals surface area contributed by atoms with E-state index >= 15 is 0 Å². The number of guanidine groups is 4. The molecule has 0 aromatic heterocycles. The zero-order valence-corrected chi connectivity index (χ0v) is 43.9. The third-order valence-corrected chi connectivity index (χ3v) is 12.8. The molecule has 2 aliphatic carbocycles. The van der Waals surface area contributed by atoms with E-state index in [1.165, 1.54) is 128 Å². The summed E-state index contributed by atoms with van der Waals surface area (Å²) in [6, 6.07) is 0.262. The van der Waals surface area contributed by atoms with Crippen LogP contribution in [0, 0.1) is 17.2 Å². The number of rotatable bonds is 44. The van der Waals surface area contributed by atoms with Gasteiger partial charge < -0.3 is 59.5 Å². The quantitative estimate of drug-likeness (QED) is 0.0157. The molecule has 0 spiro atoms. The summed E-state index contributed by atoms with van der Waals surface area (Å²) >= 11 is 0. The average molecular weight is 1020 g/mol. The van der Waals surface area contributed by atoms with Crippen molar-refractivity contribution in [3.8, 4) is 0 Å². The van der Waals surface area contributed by atoms with E-state index in [0.717, 1.165) is 148 Å². The van der Waals surface area contributed by atoms with Crippen LogP contribution in [0.1, 0.15) is 205 Å². The second-order valence-electron chi connectivity index (χ2n) is 19.8. The molecule has 0 bridgehead atoms. The number of nitrogens with zero attached hydrogens (tertiary/aromatic N) is 5. The van der Waals surface area contributed by atoms with E-state index in [1.807, 2.05) is 0 Å². The number of aliphatic imine (C=N–C) groups is 3. The van der Waals surface area contributed by atoms with Crippen molar-refractivity contribution in [3.63, 3.8) is 0 Å². The highest BCUT2D eigenvalue weighted by Gasteiger charge is 2.38. The summed E-state index contributed by atoms with van der Waals surface area (Å²) in [5.74, 6) is 0.212. The molecule has 15 N–H and O–H groups in total. The van der Waals surface area contributed by atoms with Gasteiger partial charge in [0.05, 0.1) is 0 Å². The molecule has 2 fully saturated rings. The number of hydrogen-bond donors (Lipinski definition) is 10. The van der Waals surface area contributed by atoms with Gasteiger partial charge in [-0.3, -0.25) is 20.4 Å². The molecule has 0 heterocycles. The third-order valence-electron chi connectivity index (χ3n) is 12.8. The second kappa shape index (κ2) is 43.2. The first-order chi connectivity index (χ1) is 34.2. The SMILES string of the molecule is N=C(N)NCCCCCCCCCN(CCCCCCCCCNC(N)=NCC1CC1)C(=O)N(CCCCCCCCCN=C(N)N)CCCCCCCCCNC(N)=NCC1CC1.O=C(O)C(F)(F)F. The highest BCUT2D eigenvalue weighted by molar-refractivity contribution is 5.78. The fourth-order valence-corrected chi connectivity index (χ4v) is 8.07. The fourth-order valence-electron chi connectivity index (χ4n) is 8.07. The Bertz CT molecular complexity index is 1440. The summed E-state index contributed by atoms with van der Waals surface area (Å²) in [6.45, 7) is 8.46. The van der Waals surface area contributed by atoms with Crippen LogP contribution in [0.15, 0.2) is 15.0 Å². The molecule has 71 heavy (non-hydrogen) atoms. The maximum atomic E-state index is 14.4. The van der Waals surface area contributed by atoms with Crippen LogP contribution in [0.5, 0.6) is 0 Å². The normalized spacial score (nSPS) is 13.8. The number of nitrogens with two attached hydrogens (primary N) is 5. The van der Waals surface area contributed by atoms with E-state index in [9.17, 15) is 18.0 Å². The molecule has 414 valence electrons. The first kappa shape index (κ1) is 64.6. The Balaban J connectivity index is 0.00000333. The van der Waals surface area contributed by atoms with Crippen molar-refractivity contribution in [2.45, 2.75) is 212 Å². The van der Waals surface area contributed by atoms with Gasteiger partial charge in [0.15, 0.2) is 23.8 Å². The Hall–Kier alpha value is -4.39. The van der Waals surface area contributed by atoms with Gasteiger partial charge in [-0.05, 0) is 88.9 Å². The Labute approximate surface area is 426 Å². The molecule has 0 aromatic rings. The smallest absolute Gasteiger partial charge is 0.475 e. The first-order valence-corrected chi connectivity index (χ1v) is 27.7. The molecule has 0 atom stereocenters. The number of aliphatic carboxylic acids is 1. The number of halogens is 3. The minimum absolute atomic E-state index is 0.0542. The molecule has 20 heteroatoms. The van der Waals surface area contributed by atoms with Gasteiger partial charge >= 0.3 is 18.2 Å². The summed E-state index contributed by atoms with van der Waals surface area (Å²) in [4.78, 5) is 40.7. The van der Waals surface area contributed by atoms with E-state index in [1.54, 1.807) is 0 Å². The van der Waals surface area contributed by atoms with E-state index in [-0.39, 0.29) is 18.0 Å². The molecule has 0 aliphatic heterocycles. The summed E-state index contributed by atoms with van der Waals surface area (Å²) in [5, 5.41) is 23.9. The van der Waals surface area contributed by atoms with Crippen molar-refractivity contribution in [1.29, 1.82) is 5.41 Å². The van der Waals surface area contributed by atoms with Gasteiger partial charge in [0.1, 0.15) is 0 Å². The van der Waals surface area contributed by atoms with E-state index in [4.69, 9.17) is 44.0 Å². The predicted molar refractivity (Wildman–Crippen MR) is 287 cm³/mol. The Morgan fingerprint density at radius 3 is 1.04 bits per heavy atom. The van der Waals surface area contributed by atoms with Crippen LogP contribution in [-0.4, -0.2) is 122 Å². The number of amides is 2. The molecule has 2 rings (SSSR count). The van der Waals surface area contributed by atoms with Crippen LogP contribution in [0.2, 0.25) is 0 Å². The molecule has 0 radical (unpaired) electrons. The van der Waals surface area contributed by atoms with Crippen LogP contribution in [-0.2, 0) is 4.79 Å². The maximum absolute atomic E-state index is 14.4. The Morgan fingerprint density at radius 2 is 0.761 bits per heavy atom. The van der Waals surface area contributed by atoms with Crippen molar-refractivity contribution < 1.29 is 27.9 Å². The molecule has 2 amide bonds. The van der Waals surface area contributed by atoms with Gasteiger partial charge in [0, 0.05) is 65.4 Å².